The van der Waals surface area contributed by atoms with Crippen molar-refractivity contribution in [1.82, 2.24) is 0 Å². The molecule has 1 aliphatic carbocycles. The van der Waals surface area contributed by atoms with Crippen molar-refractivity contribution in [3.63, 3.8) is 0 Å². The number of aliphatic hydroxyl groups excluding tert-OH is 2. The van der Waals surface area contributed by atoms with Gasteiger partial charge in [-0.3, -0.25) is 0 Å². The lowest BCUT2D eigenvalue weighted by Crippen LogP contribution is -2.22. The van der Waals surface area contributed by atoms with Crippen LogP contribution in [-0.2, 0) is 19.1 Å². The number of unbranched alkanes of at least 4 members (excludes halogenated alkanes) is 4. The fourth-order valence-electron chi connectivity index (χ4n) is 5.30. The van der Waals surface area contributed by atoms with Crippen LogP contribution in [0.4, 0.5) is 0 Å². The SMILES string of the molecule is C=C(C)C(=O)OCC(COC(=O)C(=C)CC(CO)CO)c1ccc(C2CCC(CCCCCCC)CC2)cc1. The molecule has 1 atom stereocenters. The first-order valence-corrected chi connectivity index (χ1v) is 14.8. The molecule has 0 radical (unpaired) electrons. The Kier molecular flexibility index (Phi) is 15.1. The van der Waals surface area contributed by atoms with Crippen molar-refractivity contribution in [2.24, 2.45) is 11.8 Å². The molecule has 0 aromatic heterocycles. The van der Waals surface area contributed by atoms with Gasteiger partial charge in [-0.2, -0.15) is 0 Å². The molecule has 39 heavy (non-hydrogen) atoms. The molecule has 6 nitrogen and oxygen atoms in total. The van der Waals surface area contributed by atoms with Crippen molar-refractivity contribution in [2.45, 2.75) is 96.3 Å². The molecule has 1 aromatic rings. The van der Waals surface area contributed by atoms with Crippen LogP contribution in [0.2, 0.25) is 0 Å². The molecule has 0 bridgehead atoms. The molecule has 0 heterocycles. The van der Waals surface area contributed by atoms with E-state index in [2.05, 4.69) is 32.2 Å². The smallest absolute Gasteiger partial charge is 0.333 e. The number of carbonyl (C=O) groups excluding carboxylic acids is 2. The largest absolute Gasteiger partial charge is 0.462 e. The highest BCUT2D eigenvalue weighted by molar-refractivity contribution is 5.88. The number of rotatable bonds is 18. The summed E-state index contributed by atoms with van der Waals surface area (Å²) in [4.78, 5) is 24.5. The first-order chi connectivity index (χ1) is 18.8. The Bertz CT molecular complexity index is 893. The maximum absolute atomic E-state index is 12.5. The first-order valence-electron chi connectivity index (χ1n) is 14.8. The van der Waals surface area contributed by atoms with Gasteiger partial charge in [0, 0.05) is 30.3 Å². The van der Waals surface area contributed by atoms with E-state index in [0.717, 1.165) is 11.5 Å². The van der Waals surface area contributed by atoms with E-state index in [1.807, 2.05) is 12.1 Å². The minimum absolute atomic E-state index is 0.0208. The summed E-state index contributed by atoms with van der Waals surface area (Å²) in [5, 5.41) is 18.5. The van der Waals surface area contributed by atoms with Crippen molar-refractivity contribution >= 4 is 11.9 Å². The number of carbonyl (C=O) groups is 2. The highest BCUT2D eigenvalue weighted by atomic mass is 16.5. The quantitative estimate of drug-likeness (QED) is 0.123. The predicted molar refractivity (Wildman–Crippen MR) is 155 cm³/mol. The van der Waals surface area contributed by atoms with Gasteiger partial charge in [-0.05, 0) is 62.0 Å². The van der Waals surface area contributed by atoms with Gasteiger partial charge in [-0.15, -0.1) is 0 Å². The molecule has 1 aliphatic rings. The van der Waals surface area contributed by atoms with Crippen molar-refractivity contribution in [1.29, 1.82) is 0 Å². The Labute approximate surface area is 235 Å². The molecular weight excluding hydrogens is 492 g/mol. The summed E-state index contributed by atoms with van der Waals surface area (Å²) >= 11 is 0. The Morgan fingerprint density at radius 2 is 1.49 bits per heavy atom. The molecule has 1 fully saturated rings. The second-order valence-electron chi connectivity index (χ2n) is 11.3. The minimum atomic E-state index is -0.586. The second-order valence-corrected chi connectivity index (χ2v) is 11.3. The van der Waals surface area contributed by atoms with E-state index in [-0.39, 0.29) is 44.3 Å². The molecule has 1 saturated carbocycles. The number of hydrogen-bond acceptors (Lipinski definition) is 6. The zero-order valence-electron chi connectivity index (χ0n) is 24.2. The van der Waals surface area contributed by atoms with Crippen LogP contribution >= 0.6 is 0 Å². The molecule has 1 aromatic carbocycles. The molecule has 6 heteroatoms. The average molecular weight is 543 g/mol. The molecular formula is C33H50O6. The standard InChI is InChI=1S/C33H50O6/c1-5-6-7-8-9-10-26-11-13-28(14-12-26)29-15-17-30(18-16-29)31(22-38-32(36)24(2)3)23-39-33(37)25(4)19-27(20-34)21-35/h15-18,26-28,31,34-35H,2,4-14,19-23H2,1,3H3. The fourth-order valence-corrected chi connectivity index (χ4v) is 5.30. The molecule has 2 rings (SSSR count). The highest BCUT2D eigenvalue weighted by Gasteiger charge is 2.24. The van der Waals surface area contributed by atoms with Crippen LogP contribution in [0.1, 0.15) is 107 Å². The van der Waals surface area contributed by atoms with Crippen molar-refractivity contribution in [3.8, 4) is 0 Å². The van der Waals surface area contributed by atoms with Crippen LogP contribution in [-0.4, -0.2) is 48.6 Å². The van der Waals surface area contributed by atoms with Crippen LogP contribution in [0.25, 0.3) is 0 Å². The number of hydrogen-bond donors (Lipinski definition) is 2. The highest BCUT2D eigenvalue weighted by Crippen LogP contribution is 2.38. The van der Waals surface area contributed by atoms with E-state index in [9.17, 15) is 19.8 Å². The van der Waals surface area contributed by atoms with Gasteiger partial charge in [-0.25, -0.2) is 9.59 Å². The molecule has 2 N–H and O–H groups in total. The number of aliphatic hydroxyl groups is 2. The van der Waals surface area contributed by atoms with Gasteiger partial charge in [0.1, 0.15) is 13.2 Å². The third kappa shape index (κ3) is 11.7. The second kappa shape index (κ2) is 18.0. The third-order valence-electron chi connectivity index (χ3n) is 7.96. The summed E-state index contributed by atoms with van der Waals surface area (Å²) in [5.41, 5.74) is 2.76. The molecule has 218 valence electrons. The maximum atomic E-state index is 12.5. The van der Waals surface area contributed by atoms with Gasteiger partial charge in [0.05, 0.1) is 5.92 Å². The van der Waals surface area contributed by atoms with Gasteiger partial charge in [-0.1, -0.05) is 82.9 Å². The number of ether oxygens (including phenoxy) is 2. The third-order valence-corrected chi connectivity index (χ3v) is 7.96. The van der Waals surface area contributed by atoms with E-state index in [0.29, 0.717) is 11.5 Å². The van der Waals surface area contributed by atoms with Crippen molar-refractivity contribution in [2.75, 3.05) is 26.4 Å². The maximum Gasteiger partial charge on any atom is 0.333 e. The topological polar surface area (TPSA) is 93.1 Å². The molecule has 0 spiro atoms. The summed E-state index contributed by atoms with van der Waals surface area (Å²) in [7, 11) is 0. The van der Waals surface area contributed by atoms with Crippen LogP contribution in [0.15, 0.2) is 48.6 Å². The summed E-state index contributed by atoms with van der Waals surface area (Å²) in [5.74, 6) is -0.425. The summed E-state index contributed by atoms with van der Waals surface area (Å²) in [6, 6.07) is 8.41. The van der Waals surface area contributed by atoms with Crippen molar-refractivity contribution < 1.29 is 29.3 Å². The first kappa shape index (κ1) is 32.8. The fraction of sp³-hybridized carbons (Fsp3) is 0.636. The molecule has 0 amide bonds. The Balaban J connectivity index is 1.95. The lowest BCUT2D eigenvalue weighted by molar-refractivity contribution is -0.142. The van der Waals surface area contributed by atoms with Gasteiger partial charge in [0.15, 0.2) is 0 Å². The predicted octanol–water partition coefficient (Wildman–Crippen LogP) is 6.61. The van der Waals surface area contributed by atoms with E-state index in [1.54, 1.807) is 6.92 Å². The summed E-state index contributed by atoms with van der Waals surface area (Å²) < 4.78 is 10.9. The van der Waals surface area contributed by atoms with E-state index in [4.69, 9.17) is 9.47 Å². The lowest BCUT2D eigenvalue weighted by atomic mass is 9.77. The van der Waals surface area contributed by atoms with Gasteiger partial charge in [0.25, 0.3) is 0 Å². The van der Waals surface area contributed by atoms with Gasteiger partial charge >= 0.3 is 11.9 Å². The molecule has 0 aliphatic heterocycles. The Morgan fingerprint density at radius 3 is 2.05 bits per heavy atom. The van der Waals surface area contributed by atoms with E-state index < -0.39 is 17.9 Å². The summed E-state index contributed by atoms with van der Waals surface area (Å²) in [6.07, 6.45) is 13.3. The molecule has 1 unspecified atom stereocenters. The number of esters is 2. The van der Waals surface area contributed by atoms with Crippen LogP contribution < -0.4 is 0 Å². The Hall–Kier alpha value is -2.44. The van der Waals surface area contributed by atoms with Crippen LogP contribution in [0.5, 0.6) is 0 Å². The minimum Gasteiger partial charge on any atom is -0.462 e. The van der Waals surface area contributed by atoms with Crippen molar-refractivity contribution in [3.05, 3.63) is 59.7 Å². The van der Waals surface area contributed by atoms with Gasteiger partial charge in [0.2, 0.25) is 0 Å². The molecule has 0 saturated heterocycles. The van der Waals surface area contributed by atoms with E-state index >= 15 is 0 Å². The van der Waals surface area contributed by atoms with E-state index in [1.165, 1.54) is 69.8 Å². The average Bonchev–Trinajstić information content (AvgIpc) is 2.95. The zero-order chi connectivity index (χ0) is 28.6. The normalized spacial score (nSPS) is 18.0. The monoisotopic (exact) mass is 542 g/mol. The van der Waals surface area contributed by atoms with Crippen LogP contribution in [0, 0.1) is 11.8 Å². The lowest BCUT2D eigenvalue weighted by Gasteiger charge is -2.29. The van der Waals surface area contributed by atoms with Crippen LogP contribution in [0.3, 0.4) is 0 Å². The zero-order valence-corrected chi connectivity index (χ0v) is 24.2. The summed E-state index contributed by atoms with van der Waals surface area (Å²) in [6.45, 7) is 10.8. The van der Waals surface area contributed by atoms with Gasteiger partial charge < -0.3 is 19.7 Å². The number of benzene rings is 1. The Morgan fingerprint density at radius 1 is 0.897 bits per heavy atom.